The Kier molecular flexibility index (Phi) is 6.92. The van der Waals surface area contributed by atoms with E-state index in [9.17, 15) is 24.3 Å². The van der Waals surface area contributed by atoms with Crippen molar-refractivity contribution in [1.82, 2.24) is 4.57 Å². The molecular formula is C30H25N3O6S2. The number of ether oxygens (including phenoxy) is 1. The first-order valence-corrected chi connectivity index (χ1v) is 14.5. The van der Waals surface area contributed by atoms with Crippen LogP contribution in [0.3, 0.4) is 0 Å². The predicted molar refractivity (Wildman–Crippen MR) is 157 cm³/mol. The highest BCUT2D eigenvalue weighted by Gasteiger charge is 2.56. The highest BCUT2D eigenvalue weighted by atomic mass is 32.2. The standard InChI is InChI=1S/C30H25N3O6S2/c1-16-3-9-19(10-4-16)33-27(36)24-23(17-5-11-20(34)12-6-17)26-29(40-25(24)28(33)37)32(30(38)41-26)15-22(35)31-18-7-13-21(39-2)14-8-18/h3-14,23-25,34H,15H2,1-2H3,(H,31,35)/t23-,24+,25-/m0/s1. The maximum atomic E-state index is 13.9. The Bertz CT molecular complexity index is 1710. The summed E-state index contributed by atoms with van der Waals surface area (Å²) in [6.45, 7) is 1.67. The van der Waals surface area contributed by atoms with Gasteiger partial charge in [0.1, 0.15) is 23.3 Å². The fourth-order valence-corrected chi connectivity index (χ4v) is 8.04. The van der Waals surface area contributed by atoms with Crippen LogP contribution < -0.4 is 19.8 Å². The van der Waals surface area contributed by atoms with Crippen LogP contribution >= 0.6 is 23.1 Å². The van der Waals surface area contributed by atoms with Crippen molar-refractivity contribution in [2.45, 2.75) is 29.7 Å². The zero-order valence-electron chi connectivity index (χ0n) is 22.1. The number of hydrogen-bond donors (Lipinski definition) is 2. The van der Waals surface area contributed by atoms with Gasteiger partial charge in [-0.15, -0.1) is 0 Å². The number of nitrogens with one attached hydrogen (secondary N) is 1. The molecule has 1 fully saturated rings. The molecule has 4 aromatic rings. The molecule has 3 aromatic carbocycles. The summed E-state index contributed by atoms with van der Waals surface area (Å²) in [6, 6.07) is 20.5. The largest absolute Gasteiger partial charge is 0.508 e. The van der Waals surface area contributed by atoms with E-state index in [1.165, 1.54) is 21.6 Å². The van der Waals surface area contributed by atoms with Crippen molar-refractivity contribution >= 4 is 52.2 Å². The Balaban J connectivity index is 1.38. The van der Waals surface area contributed by atoms with Crippen LogP contribution in [-0.4, -0.2) is 39.8 Å². The number of thiazole rings is 1. The van der Waals surface area contributed by atoms with Crippen LogP contribution in [0.4, 0.5) is 11.4 Å². The Morgan fingerprint density at radius 2 is 1.63 bits per heavy atom. The van der Waals surface area contributed by atoms with Gasteiger partial charge in [-0.25, -0.2) is 4.90 Å². The van der Waals surface area contributed by atoms with E-state index in [2.05, 4.69) is 5.32 Å². The maximum Gasteiger partial charge on any atom is 0.308 e. The summed E-state index contributed by atoms with van der Waals surface area (Å²) >= 11 is 2.13. The number of fused-ring (bicyclic) bond motifs is 2. The van der Waals surface area contributed by atoms with Crippen molar-refractivity contribution in [2.24, 2.45) is 5.92 Å². The molecule has 3 heterocycles. The number of thioether (sulfide) groups is 1. The summed E-state index contributed by atoms with van der Waals surface area (Å²) < 4.78 is 6.53. The maximum absolute atomic E-state index is 13.9. The predicted octanol–water partition coefficient (Wildman–Crippen LogP) is 4.37. The second kappa shape index (κ2) is 10.6. The molecule has 2 aliphatic heterocycles. The molecule has 3 amide bonds. The van der Waals surface area contributed by atoms with Crippen molar-refractivity contribution in [3.8, 4) is 11.5 Å². The number of nitrogens with zero attached hydrogens (tertiary/aromatic N) is 2. The summed E-state index contributed by atoms with van der Waals surface area (Å²) in [4.78, 5) is 55.4. The number of rotatable bonds is 6. The number of anilines is 2. The van der Waals surface area contributed by atoms with Gasteiger partial charge in [-0.3, -0.25) is 23.7 Å². The van der Waals surface area contributed by atoms with Gasteiger partial charge in [-0.2, -0.15) is 0 Å². The Labute approximate surface area is 243 Å². The molecule has 208 valence electrons. The number of imide groups is 1. The van der Waals surface area contributed by atoms with Crippen molar-refractivity contribution in [3.63, 3.8) is 0 Å². The van der Waals surface area contributed by atoms with Gasteiger partial charge in [0.05, 0.1) is 23.7 Å². The molecule has 2 N–H and O–H groups in total. The summed E-state index contributed by atoms with van der Waals surface area (Å²) in [6.07, 6.45) is 0. The first kappa shape index (κ1) is 26.9. The number of phenolic OH excluding ortho intramolecular Hbond substituents is 1. The van der Waals surface area contributed by atoms with Crippen molar-refractivity contribution in [3.05, 3.63) is 98.5 Å². The van der Waals surface area contributed by atoms with E-state index in [1.807, 2.05) is 19.1 Å². The van der Waals surface area contributed by atoms with Crippen LogP contribution in [-0.2, 0) is 20.9 Å². The molecule has 2 aliphatic rings. The number of carbonyl (C=O) groups is 3. The lowest BCUT2D eigenvalue weighted by molar-refractivity contribution is -0.122. The molecule has 11 heteroatoms. The molecule has 0 aliphatic carbocycles. The van der Waals surface area contributed by atoms with Gasteiger partial charge in [-0.05, 0) is 61.0 Å². The van der Waals surface area contributed by atoms with Crippen LogP contribution in [0.2, 0.25) is 0 Å². The second-order valence-electron chi connectivity index (χ2n) is 9.88. The number of methoxy groups -OCH3 is 1. The Morgan fingerprint density at radius 1 is 0.951 bits per heavy atom. The third kappa shape index (κ3) is 4.81. The quantitative estimate of drug-likeness (QED) is 0.322. The number of amides is 3. The van der Waals surface area contributed by atoms with Gasteiger partial charge in [0.15, 0.2) is 0 Å². The highest BCUT2D eigenvalue weighted by molar-refractivity contribution is 8.00. The van der Waals surface area contributed by atoms with Crippen molar-refractivity contribution < 1.29 is 24.2 Å². The van der Waals surface area contributed by atoms with Crippen LogP contribution in [0.15, 0.2) is 82.6 Å². The summed E-state index contributed by atoms with van der Waals surface area (Å²) in [5, 5.41) is 12.4. The monoisotopic (exact) mass is 587 g/mol. The molecule has 3 atom stereocenters. The minimum atomic E-state index is -0.792. The molecule has 0 radical (unpaired) electrons. The molecule has 9 nitrogen and oxygen atoms in total. The van der Waals surface area contributed by atoms with Gasteiger partial charge in [0, 0.05) is 16.5 Å². The fraction of sp³-hybridized carbons (Fsp3) is 0.200. The lowest BCUT2D eigenvalue weighted by Gasteiger charge is -2.30. The number of phenols is 1. The van der Waals surface area contributed by atoms with Crippen LogP contribution in [0.25, 0.3) is 0 Å². The molecule has 0 unspecified atom stereocenters. The number of carbonyl (C=O) groups excluding carboxylic acids is 3. The minimum Gasteiger partial charge on any atom is -0.508 e. The van der Waals surface area contributed by atoms with E-state index < -0.39 is 23.0 Å². The number of benzene rings is 3. The van der Waals surface area contributed by atoms with E-state index in [0.717, 1.165) is 28.7 Å². The lowest BCUT2D eigenvalue weighted by atomic mass is 9.83. The Hall–Kier alpha value is -4.35. The summed E-state index contributed by atoms with van der Waals surface area (Å²) in [5.74, 6) is -1.77. The highest BCUT2D eigenvalue weighted by Crippen LogP contribution is 2.54. The third-order valence-electron chi connectivity index (χ3n) is 7.27. The summed E-state index contributed by atoms with van der Waals surface area (Å²) in [7, 11) is 1.55. The first-order valence-electron chi connectivity index (χ1n) is 12.8. The van der Waals surface area contributed by atoms with E-state index in [1.54, 1.807) is 55.6 Å². The zero-order valence-corrected chi connectivity index (χ0v) is 23.7. The molecule has 1 saturated heterocycles. The normalized spacial score (nSPS) is 19.6. The average Bonchev–Trinajstić information content (AvgIpc) is 3.40. The lowest BCUT2D eigenvalue weighted by Crippen LogP contribution is -2.33. The molecular weight excluding hydrogens is 562 g/mol. The van der Waals surface area contributed by atoms with Gasteiger partial charge in [0.2, 0.25) is 17.7 Å². The van der Waals surface area contributed by atoms with Crippen LogP contribution in [0.5, 0.6) is 11.5 Å². The number of aryl methyl sites for hydroxylation is 1. The van der Waals surface area contributed by atoms with E-state index in [0.29, 0.717) is 32.6 Å². The van der Waals surface area contributed by atoms with E-state index >= 15 is 0 Å². The van der Waals surface area contributed by atoms with Crippen LogP contribution in [0.1, 0.15) is 21.9 Å². The molecule has 6 rings (SSSR count). The van der Waals surface area contributed by atoms with Crippen molar-refractivity contribution in [1.29, 1.82) is 0 Å². The van der Waals surface area contributed by atoms with E-state index in [-0.39, 0.29) is 29.0 Å². The molecule has 0 bridgehead atoms. The molecule has 0 spiro atoms. The van der Waals surface area contributed by atoms with Gasteiger partial charge in [-0.1, -0.05) is 52.9 Å². The average molecular weight is 588 g/mol. The van der Waals surface area contributed by atoms with E-state index in [4.69, 9.17) is 4.74 Å². The fourth-order valence-electron chi connectivity index (χ4n) is 5.26. The molecule has 1 aromatic heterocycles. The van der Waals surface area contributed by atoms with Crippen LogP contribution in [0, 0.1) is 12.8 Å². The number of aromatic hydroxyl groups is 1. The third-order valence-corrected chi connectivity index (χ3v) is 9.87. The topological polar surface area (TPSA) is 118 Å². The van der Waals surface area contributed by atoms with Gasteiger partial charge in [0.25, 0.3) is 0 Å². The molecule has 41 heavy (non-hydrogen) atoms. The zero-order chi connectivity index (χ0) is 28.8. The number of aromatic nitrogens is 1. The smallest absolute Gasteiger partial charge is 0.308 e. The second-order valence-corrected chi connectivity index (χ2v) is 12.0. The Morgan fingerprint density at radius 3 is 2.29 bits per heavy atom. The summed E-state index contributed by atoms with van der Waals surface area (Å²) in [5.41, 5.74) is 2.74. The number of hydrogen-bond acceptors (Lipinski definition) is 8. The SMILES string of the molecule is COc1ccc(NC(=O)Cn2c3c(sc2=O)[C@@H](c2ccc(O)cc2)[C@H]2C(=O)N(c4ccc(C)cc4)C(=O)[C@H]2S3)cc1. The first-order chi connectivity index (χ1) is 19.7. The molecule has 0 saturated carbocycles. The van der Waals surface area contributed by atoms with Gasteiger partial charge >= 0.3 is 4.87 Å². The minimum absolute atomic E-state index is 0.0618. The van der Waals surface area contributed by atoms with Crippen molar-refractivity contribution in [2.75, 3.05) is 17.3 Å². The van der Waals surface area contributed by atoms with Gasteiger partial charge < -0.3 is 15.2 Å².